The number of nitrogens with zero attached hydrogens (tertiary/aromatic N) is 3. The largest absolute Gasteiger partial charge is 0.458 e. The van der Waals surface area contributed by atoms with Gasteiger partial charge in [-0.15, -0.1) is 0 Å². The highest BCUT2D eigenvalue weighted by Gasteiger charge is 2.48. The number of aromatic amines is 1. The minimum atomic E-state index is 0.236. The number of hydrogen-bond donors (Lipinski definition) is 1. The maximum atomic E-state index is 6.25. The monoisotopic (exact) mass is 296 g/mol. The minimum Gasteiger partial charge on any atom is -0.458 e. The molecule has 0 unspecified atom stereocenters. The molecule has 3 atom stereocenters. The number of aromatic nitrogens is 3. The third-order valence-electron chi connectivity index (χ3n) is 5.50. The van der Waals surface area contributed by atoms with E-state index in [4.69, 9.17) is 4.74 Å². The lowest BCUT2D eigenvalue weighted by Crippen LogP contribution is -2.61. The highest BCUT2D eigenvalue weighted by atomic mass is 16.5. The molecule has 0 spiro atoms. The predicted molar refractivity (Wildman–Crippen MR) is 82.1 cm³/mol. The zero-order valence-corrected chi connectivity index (χ0v) is 12.5. The summed E-state index contributed by atoms with van der Waals surface area (Å²) in [5.41, 5.74) is 2.11. The van der Waals surface area contributed by atoms with E-state index in [1.807, 2.05) is 18.5 Å². The first kappa shape index (κ1) is 12.6. The van der Waals surface area contributed by atoms with Gasteiger partial charge in [0.2, 0.25) is 5.88 Å². The number of nitrogens with one attached hydrogen (secondary N) is 1. The molecule has 2 aromatic rings. The van der Waals surface area contributed by atoms with Crippen LogP contribution in [-0.4, -0.2) is 39.4 Å². The molecule has 5 heteroatoms. The van der Waals surface area contributed by atoms with Crippen LogP contribution in [0.3, 0.4) is 0 Å². The molecular formula is C17H20N4O. The zero-order valence-electron chi connectivity index (χ0n) is 12.5. The SMILES string of the molecule is c1cc(O[C@H]2C3C[C@@H]4C[C@@H](C3)CN2C4)ncc1-c1cn[nH]c1. The average Bonchev–Trinajstić information content (AvgIpc) is 3.05. The van der Waals surface area contributed by atoms with E-state index in [9.17, 15) is 0 Å². The standard InChI is InChI=1S/C17H20N4O/c1-2-16(18-6-13(1)15-7-19-20-8-15)22-17-14-4-11-3-12(5-14)10-21(17)9-11/h1-2,6-8,11-12,14,17H,3-5,9-10H2,(H,19,20)/t11-,12-,17-/m0/s1. The second-order valence-electron chi connectivity index (χ2n) is 7.03. The molecule has 114 valence electrons. The van der Waals surface area contributed by atoms with Gasteiger partial charge in [-0.1, -0.05) is 0 Å². The Labute approximate surface area is 129 Å². The van der Waals surface area contributed by atoms with Crippen molar-refractivity contribution in [2.24, 2.45) is 17.8 Å². The smallest absolute Gasteiger partial charge is 0.214 e. The highest BCUT2D eigenvalue weighted by Crippen LogP contribution is 2.46. The van der Waals surface area contributed by atoms with Crippen LogP contribution in [0, 0.1) is 17.8 Å². The Hall–Kier alpha value is -1.88. The first-order valence-corrected chi connectivity index (χ1v) is 8.21. The molecule has 0 radical (unpaired) electrons. The van der Waals surface area contributed by atoms with Gasteiger partial charge in [0.1, 0.15) is 0 Å². The first-order chi connectivity index (χ1) is 10.8. The van der Waals surface area contributed by atoms with E-state index < -0.39 is 0 Å². The summed E-state index contributed by atoms with van der Waals surface area (Å²) in [4.78, 5) is 7.04. The summed E-state index contributed by atoms with van der Waals surface area (Å²) in [6.45, 7) is 2.43. The molecule has 1 saturated carbocycles. The molecule has 3 aliphatic heterocycles. The lowest BCUT2D eigenvalue weighted by atomic mass is 9.67. The molecule has 22 heavy (non-hydrogen) atoms. The maximum absolute atomic E-state index is 6.25. The number of rotatable bonds is 3. The van der Waals surface area contributed by atoms with Crippen LogP contribution in [0.15, 0.2) is 30.7 Å². The number of ether oxygens (including phenoxy) is 1. The zero-order chi connectivity index (χ0) is 14.5. The van der Waals surface area contributed by atoms with E-state index in [0.717, 1.165) is 28.8 Å². The Morgan fingerprint density at radius 2 is 1.91 bits per heavy atom. The number of pyridine rings is 1. The van der Waals surface area contributed by atoms with Crippen LogP contribution < -0.4 is 4.74 Å². The fourth-order valence-corrected chi connectivity index (χ4v) is 4.72. The minimum absolute atomic E-state index is 0.236. The van der Waals surface area contributed by atoms with Gasteiger partial charge in [-0.2, -0.15) is 5.10 Å². The Kier molecular flexibility index (Phi) is 2.77. The Bertz CT molecular complexity index is 624. The van der Waals surface area contributed by atoms with Crippen LogP contribution in [0.1, 0.15) is 19.3 Å². The van der Waals surface area contributed by atoms with Crippen molar-refractivity contribution in [2.45, 2.75) is 25.5 Å². The van der Waals surface area contributed by atoms with E-state index in [0.29, 0.717) is 5.92 Å². The molecule has 4 aliphatic rings. The average molecular weight is 296 g/mol. The molecule has 0 aromatic carbocycles. The molecule has 5 heterocycles. The van der Waals surface area contributed by atoms with E-state index >= 15 is 0 Å². The van der Waals surface area contributed by atoms with Gasteiger partial charge < -0.3 is 4.74 Å². The van der Waals surface area contributed by atoms with Crippen molar-refractivity contribution in [2.75, 3.05) is 13.1 Å². The molecule has 1 aliphatic carbocycles. The number of piperidine rings is 3. The Morgan fingerprint density at radius 1 is 1.05 bits per heavy atom. The summed E-state index contributed by atoms with van der Waals surface area (Å²) in [6.07, 6.45) is 9.90. The van der Waals surface area contributed by atoms with Crippen LogP contribution in [0.5, 0.6) is 5.88 Å². The molecule has 2 aromatic heterocycles. The quantitative estimate of drug-likeness (QED) is 0.945. The molecule has 6 rings (SSSR count). The van der Waals surface area contributed by atoms with Crippen LogP contribution in [0.25, 0.3) is 11.1 Å². The summed E-state index contributed by atoms with van der Waals surface area (Å²) < 4.78 is 6.25. The van der Waals surface area contributed by atoms with Crippen molar-refractivity contribution in [3.8, 4) is 17.0 Å². The fraction of sp³-hybridized carbons (Fsp3) is 0.529. The van der Waals surface area contributed by atoms with E-state index in [-0.39, 0.29) is 6.23 Å². The van der Waals surface area contributed by atoms with Gasteiger partial charge in [0.25, 0.3) is 0 Å². The molecular weight excluding hydrogens is 276 g/mol. The molecule has 1 N–H and O–H groups in total. The summed E-state index contributed by atoms with van der Waals surface area (Å²) in [5.74, 6) is 3.26. The summed E-state index contributed by atoms with van der Waals surface area (Å²) in [6, 6.07) is 4.03. The van der Waals surface area contributed by atoms with Crippen molar-refractivity contribution in [3.63, 3.8) is 0 Å². The van der Waals surface area contributed by atoms with Crippen LogP contribution >= 0.6 is 0 Å². The van der Waals surface area contributed by atoms with Gasteiger partial charge in [0, 0.05) is 48.6 Å². The normalized spacial score (nSPS) is 35.7. The summed E-state index contributed by atoms with van der Waals surface area (Å²) in [7, 11) is 0. The third-order valence-corrected chi connectivity index (χ3v) is 5.50. The van der Waals surface area contributed by atoms with Crippen LogP contribution in [-0.2, 0) is 0 Å². The summed E-state index contributed by atoms with van der Waals surface area (Å²) in [5, 5.41) is 6.80. The Balaban J connectivity index is 1.34. The van der Waals surface area contributed by atoms with Gasteiger partial charge in [-0.05, 0) is 37.2 Å². The molecule has 3 saturated heterocycles. The number of hydrogen-bond acceptors (Lipinski definition) is 4. The van der Waals surface area contributed by atoms with Gasteiger partial charge in [-0.3, -0.25) is 10.00 Å². The Morgan fingerprint density at radius 3 is 2.55 bits per heavy atom. The van der Waals surface area contributed by atoms with Crippen molar-refractivity contribution in [1.82, 2.24) is 20.1 Å². The van der Waals surface area contributed by atoms with E-state index in [1.165, 1.54) is 32.4 Å². The van der Waals surface area contributed by atoms with Crippen LogP contribution in [0.2, 0.25) is 0 Å². The van der Waals surface area contributed by atoms with Gasteiger partial charge in [0.05, 0.1) is 6.20 Å². The van der Waals surface area contributed by atoms with Gasteiger partial charge in [-0.25, -0.2) is 4.98 Å². The maximum Gasteiger partial charge on any atom is 0.214 e. The van der Waals surface area contributed by atoms with E-state index in [1.54, 1.807) is 6.20 Å². The van der Waals surface area contributed by atoms with Crippen molar-refractivity contribution >= 4 is 0 Å². The topological polar surface area (TPSA) is 54.0 Å². The fourth-order valence-electron chi connectivity index (χ4n) is 4.72. The second-order valence-corrected chi connectivity index (χ2v) is 7.03. The van der Waals surface area contributed by atoms with Crippen LogP contribution in [0.4, 0.5) is 0 Å². The van der Waals surface area contributed by atoms with Gasteiger partial charge >= 0.3 is 0 Å². The van der Waals surface area contributed by atoms with Crippen molar-refractivity contribution in [1.29, 1.82) is 0 Å². The van der Waals surface area contributed by atoms with Crippen molar-refractivity contribution in [3.05, 3.63) is 30.7 Å². The third kappa shape index (κ3) is 2.03. The first-order valence-electron chi connectivity index (χ1n) is 8.21. The molecule has 4 bridgehead atoms. The molecule has 5 nitrogen and oxygen atoms in total. The lowest BCUT2D eigenvalue weighted by Gasteiger charge is -2.55. The van der Waals surface area contributed by atoms with Gasteiger partial charge in [0.15, 0.2) is 6.23 Å². The van der Waals surface area contributed by atoms with E-state index in [2.05, 4.69) is 26.1 Å². The molecule has 0 amide bonds. The number of H-pyrrole nitrogens is 1. The van der Waals surface area contributed by atoms with Crippen molar-refractivity contribution < 1.29 is 4.74 Å². The predicted octanol–water partition coefficient (Wildman–Crippen LogP) is 2.54. The summed E-state index contributed by atoms with van der Waals surface area (Å²) >= 11 is 0. The highest BCUT2D eigenvalue weighted by molar-refractivity contribution is 5.60. The molecule has 4 fully saturated rings. The lowest BCUT2D eigenvalue weighted by molar-refractivity contribution is -0.143. The second kappa shape index (κ2) is 4.81.